The average molecular weight is 400 g/mol. The zero-order valence-corrected chi connectivity index (χ0v) is 18.1. The van der Waals surface area contributed by atoms with Crippen LogP contribution in [-0.2, 0) is 19.4 Å². The molecule has 0 amide bonds. The Balaban J connectivity index is 2.04. The van der Waals surface area contributed by atoms with Crippen LogP contribution >= 0.6 is 0 Å². The number of nitriles is 1. The molecule has 0 spiro atoms. The first-order valence-electron chi connectivity index (χ1n) is 10.8. The number of nitrogens with zero attached hydrogens (tertiary/aromatic N) is 3. The van der Waals surface area contributed by atoms with E-state index < -0.39 is 0 Å². The predicted molar refractivity (Wildman–Crippen MR) is 122 cm³/mol. The summed E-state index contributed by atoms with van der Waals surface area (Å²) in [6.45, 7) is 6.80. The number of hydrogen-bond acceptors (Lipinski definition) is 3. The van der Waals surface area contributed by atoms with Gasteiger partial charge in [0.15, 0.2) is 0 Å². The average Bonchev–Trinajstić information content (AvgIpc) is 2.77. The van der Waals surface area contributed by atoms with Crippen LogP contribution in [0.2, 0.25) is 0 Å². The van der Waals surface area contributed by atoms with Crippen LogP contribution in [-0.4, -0.2) is 9.55 Å². The highest BCUT2D eigenvalue weighted by Gasteiger charge is 2.16. The summed E-state index contributed by atoms with van der Waals surface area (Å²) in [5.74, 6) is 0.786. The molecule has 30 heavy (non-hydrogen) atoms. The van der Waals surface area contributed by atoms with Crippen LogP contribution in [0.4, 0.5) is 0 Å². The lowest BCUT2D eigenvalue weighted by molar-refractivity contribution is 0.600. The Morgan fingerprint density at radius 1 is 1.07 bits per heavy atom. The SMILES string of the molecule is CCCCc1nc(C)n(CCC)c(=O)c1Cc1ccc(-c2ccccc2)c(C#N)c1. The molecule has 0 aliphatic heterocycles. The van der Waals surface area contributed by atoms with E-state index >= 15 is 0 Å². The molecule has 0 radical (unpaired) electrons. The molecule has 4 nitrogen and oxygen atoms in total. The molecule has 0 unspecified atom stereocenters. The molecule has 0 atom stereocenters. The molecule has 0 N–H and O–H groups in total. The van der Waals surface area contributed by atoms with Gasteiger partial charge in [0.05, 0.1) is 17.3 Å². The highest BCUT2D eigenvalue weighted by molar-refractivity contribution is 5.71. The molecule has 1 aromatic heterocycles. The van der Waals surface area contributed by atoms with Crippen LogP contribution < -0.4 is 5.56 Å². The second kappa shape index (κ2) is 10.0. The van der Waals surface area contributed by atoms with Crippen molar-refractivity contribution in [3.8, 4) is 17.2 Å². The third-order valence-corrected chi connectivity index (χ3v) is 5.42. The van der Waals surface area contributed by atoms with Crippen LogP contribution in [0.3, 0.4) is 0 Å². The lowest BCUT2D eigenvalue weighted by Crippen LogP contribution is -2.29. The molecule has 154 valence electrons. The topological polar surface area (TPSA) is 58.7 Å². The van der Waals surface area contributed by atoms with E-state index in [9.17, 15) is 10.1 Å². The zero-order chi connectivity index (χ0) is 21.5. The lowest BCUT2D eigenvalue weighted by atomic mass is 9.95. The van der Waals surface area contributed by atoms with E-state index in [0.717, 1.165) is 59.5 Å². The standard InChI is InChI=1S/C26H29N3O/c1-4-6-12-25-24(26(30)29(15-5-2)19(3)28-25)17-20-13-14-23(22(16-20)18-27)21-10-8-7-9-11-21/h7-11,13-14,16H,4-6,12,15,17H2,1-3H3. The minimum atomic E-state index is 0.0566. The molecule has 3 aromatic rings. The Morgan fingerprint density at radius 2 is 1.83 bits per heavy atom. The van der Waals surface area contributed by atoms with Crippen molar-refractivity contribution in [2.45, 2.75) is 59.4 Å². The summed E-state index contributed by atoms with van der Waals surface area (Å²) < 4.78 is 1.79. The van der Waals surface area contributed by atoms with Crippen LogP contribution in [0.15, 0.2) is 53.3 Å². The van der Waals surface area contributed by atoms with Crippen molar-refractivity contribution in [2.75, 3.05) is 0 Å². The fourth-order valence-electron chi connectivity index (χ4n) is 3.84. The maximum absolute atomic E-state index is 13.3. The van der Waals surface area contributed by atoms with Gasteiger partial charge in [-0.2, -0.15) is 5.26 Å². The van der Waals surface area contributed by atoms with Crippen LogP contribution in [0.1, 0.15) is 61.3 Å². The van der Waals surface area contributed by atoms with Gasteiger partial charge in [0.2, 0.25) is 0 Å². The maximum Gasteiger partial charge on any atom is 0.257 e. The number of rotatable bonds is 8. The van der Waals surface area contributed by atoms with Crippen LogP contribution in [0, 0.1) is 18.3 Å². The first kappa shape index (κ1) is 21.5. The Morgan fingerprint density at radius 3 is 2.50 bits per heavy atom. The van der Waals surface area contributed by atoms with Gasteiger partial charge in [-0.1, -0.05) is 62.7 Å². The van der Waals surface area contributed by atoms with Gasteiger partial charge >= 0.3 is 0 Å². The van der Waals surface area contributed by atoms with Crippen molar-refractivity contribution in [1.29, 1.82) is 5.26 Å². The molecular weight excluding hydrogens is 370 g/mol. The molecule has 3 rings (SSSR count). The van der Waals surface area contributed by atoms with E-state index in [0.29, 0.717) is 18.5 Å². The second-order valence-electron chi connectivity index (χ2n) is 7.68. The summed E-state index contributed by atoms with van der Waals surface area (Å²) in [6, 6.07) is 18.2. The van der Waals surface area contributed by atoms with Crippen molar-refractivity contribution in [3.05, 3.63) is 87.1 Å². The number of hydrogen-bond donors (Lipinski definition) is 0. The summed E-state index contributed by atoms with van der Waals surface area (Å²) in [5.41, 5.74) is 5.25. The van der Waals surface area contributed by atoms with Crippen molar-refractivity contribution >= 4 is 0 Å². The smallest absolute Gasteiger partial charge is 0.257 e. The molecule has 0 bridgehead atoms. The molecule has 1 heterocycles. The number of aryl methyl sites for hydroxylation is 2. The molecule has 0 fully saturated rings. The molecule has 0 aliphatic rings. The molecule has 0 saturated carbocycles. The Bertz CT molecular complexity index is 1110. The second-order valence-corrected chi connectivity index (χ2v) is 7.68. The van der Waals surface area contributed by atoms with E-state index in [-0.39, 0.29) is 5.56 Å². The molecule has 0 saturated heterocycles. The minimum Gasteiger partial charge on any atom is -0.297 e. The Hall–Kier alpha value is -3.19. The highest BCUT2D eigenvalue weighted by Crippen LogP contribution is 2.25. The van der Waals surface area contributed by atoms with Gasteiger partial charge in [0.1, 0.15) is 5.82 Å². The fourth-order valence-corrected chi connectivity index (χ4v) is 3.84. The maximum atomic E-state index is 13.3. The lowest BCUT2D eigenvalue weighted by Gasteiger charge is -2.15. The van der Waals surface area contributed by atoms with Gasteiger partial charge in [-0.25, -0.2) is 4.98 Å². The zero-order valence-electron chi connectivity index (χ0n) is 18.1. The highest BCUT2D eigenvalue weighted by atomic mass is 16.1. The first-order chi connectivity index (χ1) is 14.6. The summed E-state index contributed by atoms with van der Waals surface area (Å²) in [7, 11) is 0. The molecule has 0 aliphatic carbocycles. The molecular formula is C26H29N3O. The third-order valence-electron chi connectivity index (χ3n) is 5.42. The first-order valence-corrected chi connectivity index (χ1v) is 10.8. The normalized spacial score (nSPS) is 10.7. The number of unbranched alkanes of at least 4 members (excludes halogenated alkanes) is 1. The summed E-state index contributed by atoms with van der Waals surface area (Å²) in [5, 5.41) is 9.72. The third kappa shape index (κ3) is 4.68. The Kier molecular flexibility index (Phi) is 7.19. The molecule has 4 heteroatoms. The van der Waals surface area contributed by atoms with Crippen LogP contribution in [0.25, 0.3) is 11.1 Å². The predicted octanol–water partition coefficient (Wildman–Crippen LogP) is 5.43. The van der Waals surface area contributed by atoms with Gasteiger partial charge in [-0.05, 0) is 48.9 Å². The van der Waals surface area contributed by atoms with Gasteiger partial charge in [-0.3, -0.25) is 9.36 Å². The van der Waals surface area contributed by atoms with Crippen molar-refractivity contribution in [1.82, 2.24) is 9.55 Å². The summed E-state index contributed by atoms with van der Waals surface area (Å²) in [4.78, 5) is 18.1. The summed E-state index contributed by atoms with van der Waals surface area (Å²) >= 11 is 0. The van der Waals surface area contributed by atoms with Crippen molar-refractivity contribution in [2.24, 2.45) is 0 Å². The number of aromatic nitrogens is 2. The fraction of sp³-hybridized carbons (Fsp3) is 0.346. The van der Waals surface area contributed by atoms with E-state index in [1.165, 1.54) is 0 Å². The van der Waals surface area contributed by atoms with Crippen LogP contribution in [0.5, 0.6) is 0 Å². The van der Waals surface area contributed by atoms with Crippen molar-refractivity contribution < 1.29 is 0 Å². The monoisotopic (exact) mass is 399 g/mol. The quantitative estimate of drug-likeness (QED) is 0.507. The van der Waals surface area contributed by atoms with Gasteiger partial charge in [0.25, 0.3) is 5.56 Å². The number of benzene rings is 2. The van der Waals surface area contributed by atoms with E-state index in [4.69, 9.17) is 4.98 Å². The minimum absolute atomic E-state index is 0.0566. The molecule has 2 aromatic carbocycles. The largest absolute Gasteiger partial charge is 0.297 e. The van der Waals surface area contributed by atoms with Crippen molar-refractivity contribution in [3.63, 3.8) is 0 Å². The van der Waals surface area contributed by atoms with Gasteiger partial charge < -0.3 is 0 Å². The van der Waals surface area contributed by atoms with Gasteiger partial charge in [-0.15, -0.1) is 0 Å². The van der Waals surface area contributed by atoms with Gasteiger partial charge in [0, 0.05) is 18.5 Å². The van der Waals surface area contributed by atoms with E-state index in [2.05, 4.69) is 19.9 Å². The van der Waals surface area contributed by atoms with E-state index in [1.807, 2.05) is 55.5 Å². The Labute approximate surface area is 178 Å². The summed E-state index contributed by atoms with van der Waals surface area (Å²) in [6.07, 6.45) is 4.26. The van der Waals surface area contributed by atoms with E-state index in [1.54, 1.807) is 4.57 Å².